The molecule has 2 aromatic carbocycles. The van der Waals surface area contributed by atoms with Crippen molar-refractivity contribution in [1.82, 2.24) is 4.72 Å². The molecule has 0 saturated heterocycles. The van der Waals surface area contributed by atoms with Gasteiger partial charge in [0.25, 0.3) is 0 Å². The number of carbonyl (C=O) groups is 3. The molecule has 1 heterocycles. The summed E-state index contributed by atoms with van der Waals surface area (Å²) in [5.74, 6) is -2.26. The summed E-state index contributed by atoms with van der Waals surface area (Å²) in [5, 5.41) is 2.56. The van der Waals surface area contributed by atoms with Crippen LogP contribution in [0.1, 0.15) is 45.9 Å². The average molecular weight is 593 g/mol. The first-order valence-electron chi connectivity index (χ1n) is 12.3. The van der Waals surface area contributed by atoms with Crippen molar-refractivity contribution in [3.05, 3.63) is 76.4 Å². The zero-order valence-electron chi connectivity index (χ0n) is 22.1. The highest BCUT2D eigenvalue weighted by Crippen LogP contribution is 2.34. The van der Waals surface area contributed by atoms with Gasteiger partial charge in [0, 0.05) is 0 Å². The second-order valence-corrected chi connectivity index (χ2v) is 11.0. The van der Waals surface area contributed by atoms with Gasteiger partial charge in [0.15, 0.2) is 0 Å². The Morgan fingerprint density at radius 3 is 2.25 bits per heavy atom. The van der Waals surface area contributed by atoms with Gasteiger partial charge in [-0.1, -0.05) is 25.1 Å². The number of halogens is 1. The van der Waals surface area contributed by atoms with Crippen molar-refractivity contribution < 1.29 is 41.4 Å². The van der Waals surface area contributed by atoms with Crippen molar-refractivity contribution in [2.45, 2.75) is 38.1 Å². The first-order valence-corrected chi connectivity index (χ1v) is 14.6. The normalized spacial score (nSPS) is 11.9. The number of sulfonamides is 1. The third kappa shape index (κ3) is 7.87. The van der Waals surface area contributed by atoms with Crippen LogP contribution in [0.3, 0.4) is 0 Å². The topological polar surface area (TPSA) is 137 Å². The number of hydrogen-bond donors (Lipinski definition) is 2. The van der Waals surface area contributed by atoms with Crippen molar-refractivity contribution in [3.8, 4) is 5.75 Å². The first kappa shape index (κ1) is 30.7. The molecule has 0 aliphatic carbocycles. The van der Waals surface area contributed by atoms with Crippen LogP contribution >= 0.6 is 11.3 Å². The number of ether oxygens (including phenoxy) is 3. The van der Waals surface area contributed by atoms with Gasteiger partial charge >= 0.3 is 11.9 Å². The van der Waals surface area contributed by atoms with Crippen LogP contribution in [-0.4, -0.2) is 52.1 Å². The number of amides is 1. The maximum Gasteiger partial charge on any atom is 0.348 e. The SMILES string of the molecule is CCOC(=O)c1c(NC(=O)C(CC)NS(=O)(=O)c2ccc(F)cc2)sc(C(=O)OCCOc2ccccc2)c1C. The zero-order chi connectivity index (χ0) is 29.3. The van der Waals surface area contributed by atoms with Crippen molar-refractivity contribution >= 4 is 44.2 Å². The van der Waals surface area contributed by atoms with Crippen molar-refractivity contribution in [2.75, 3.05) is 25.1 Å². The highest BCUT2D eigenvalue weighted by molar-refractivity contribution is 7.89. The molecule has 0 aliphatic heterocycles. The maximum absolute atomic E-state index is 13.2. The van der Waals surface area contributed by atoms with Gasteiger partial charge < -0.3 is 19.5 Å². The van der Waals surface area contributed by atoms with Crippen LogP contribution in [-0.2, 0) is 24.3 Å². The number of nitrogens with one attached hydrogen (secondary N) is 2. The van der Waals surface area contributed by atoms with Crippen LogP contribution in [0, 0.1) is 12.7 Å². The summed E-state index contributed by atoms with van der Waals surface area (Å²) in [7, 11) is -4.16. The quantitative estimate of drug-likeness (QED) is 0.221. The monoisotopic (exact) mass is 592 g/mol. The standard InChI is InChI=1S/C27H29FN2O8S2/c1-4-21(30-40(34,35)20-13-11-18(28)12-14-20)24(31)29-25-22(26(32)36-5-2)17(3)23(39-25)27(33)38-16-15-37-19-9-7-6-8-10-19/h6-14,21,30H,4-5,15-16H2,1-3H3,(H,29,31). The maximum atomic E-state index is 13.2. The Morgan fingerprint density at radius 2 is 1.62 bits per heavy atom. The number of benzene rings is 2. The van der Waals surface area contributed by atoms with Crippen molar-refractivity contribution in [1.29, 1.82) is 0 Å². The van der Waals surface area contributed by atoms with E-state index >= 15 is 0 Å². The van der Waals surface area contributed by atoms with Gasteiger partial charge in [0.1, 0.15) is 40.7 Å². The lowest BCUT2D eigenvalue weighted by atomic mass is 10.1. The molecule has 3 aromatic rings. The van der Waals surface area contributed by atoms with E-state index in [1.54, 1.807) is 38.1 Å². The molecule has 214 valence electrons. The van der Waals surface area contributed by atoms with Gasteiger partial charge in [0.05, 0.1) is 17.1 Å². The first-order chi connectivity index (χ1) is 19.1. The molecule has 10 nitrogen and oxygen atoms in total. The molecule has 1 unspecified atom stereocenters. The second kappa shape index (κ2) is 14.0. The molecule has 0 saturated carbocycles. The highest BCUT2D eigenvalue weighted by Gasteiger charge is 2.30. The Balaban J connectivity index is 1.76. The summed E-state index contributed by atoms with van der Waals surface area (Å²) in [6, 6.07) is 11.9. The van der Waals surface area contributed by atoms with Gasteiger partial charge in [-0.25, -0.2) is 22.4 Å². The molecule has 0 radical (unpaired) electrons. The fourth-order valence-electron chi connectivity index (χ4n) is 3.51. The number of esters is 2. The number of para-hydroxylation sites is 1. The molecule has 0 spiro atoms. The van der Waals surface area contributed by atoms with E-state index in [-0.39, 0.29) is 52.1 Å². The molecule has 0 fully saturated rings. The van der Waals surface area contributed by atoms with Crippen LogP contribution in [0.15, 0.2) is 59.5 Å². The lowest BCUT2D eigenvalue weighted by Gasteiger charge is -2.17. The lowest BCUT2D eigenvalue weighted by Crippen LogP contribution is -2.43. The Morgan fingerprint density at radius 1 is 0.950 bits per heavy atom. The summed E-state index contributed by atoms with van der Waals surface area (Å²) in [5.41, 5.74) is 0.205. The van der Waals surface area contributed by atoms with E-state index in [0.717, 1.165) is 35.6 Å². The zero-order valence-corrected chi connectivity index (χ0v) is 23.7. The fourth-order valence-corrected chi connectivity index (χ4v) is 5.88. The Kier molecular flexibility index (Phi) is 10.8. The van der Waals surface area contributed by atoms with E-state index in [9.17, 15) is 27.2 Å². The highest BCUT2D eigenvalue weighted by atomic mass is 32.2. The minimum absolute atomic E-state index is 0.00728. The molecule has 2 N–H and O–H groups in total. The molecule has 40 heavy (non-hydrogen) atoms. The number of hydrogen-bond acceptors (Lipinski definition) is 9. The average Bonchev–Trinajstić information content (AvgIpc) is 3.26. The number of thiophene rings is 1. The largest absolute Gasteiger partial charge is 0.490 e. The minimum Gasteiger partial charge on any atom is -0.490 e. The van der Waals surface area contributed by atoms with E-state index in [0.29, 0.717) is 5.75 Å². The molecule has 13 heteroatoms. The van der Waals surface area contributed by atoms with Gasteiger partial charge in [-0.2, -0.15) is 4.72 Å². The van der Waals surface area contributed by atoms with Crippen LogP contribution in [0.5, 0.6) is 5.75 Å². The molecule has 0 aliphatic rings. The Bertz CT molecular complexity index is 1440. The van der Waals surface area contributed by atoms with Gasteiger partial charge in [-0.15, -0.1) is 11.3 Å². The van der Waals surface area contributed by atoms with E-state index in [1.165, 1.54) is 6.92 Å². The molecule has 0 bridgehead atoms. The summed E-state index contributed by atoms with van der Waals surface area (Å²) in [6.45, 7) is 4.80. The predicted molar refractivity (Wildman–Crippen MR) is 147 cm³/mol. The molecule has 1 atom stereocenters. The summed E-state index contributed by atoms with van der Waals surface area (Å²) < 4.78 is 56.9. The van der Waals surface area contributed by atoms with E-state index in [1.807, 2.05) is 6.07 Å². The van der Waals surface area contributed by atoms with Gasteiger partial charge in [-0.3, -0.25) is 4.79 Å². The van der Waals surface area contributed by atoms with Crippen molar-refractivity contribution in [2.24, 2.45) is 0 Å². The van der Waals surface area contributed by atoms with Crippen LogP contribution in [0.2, 0.25) is 0 Å². The number of rotatable bonds is 13. The molecule has 1 amide bonds. The third-order valence-corrected chi connectivity index (χ3v) is 8.20. The lowest BCUT2D eigenvalue weighted by molar-refractivity contribution is -0.117. The van der Waals surface area contributed by atoms with E-state index in [2.05, 4.69) is 10.0 Å². The number of anilines is 1. The predicted octanol–water partition coefficient (Wildman–Crippen LogP) is 4.30. The molecule has 1 aromatic heterocycles. The molecular formula is C27H29FN2O8S2. The summed E-state index contributed by atoms with van der Waals surface area (Å²) in [6.07, 6.45) is 0.0572. The molecular weight excluding hydrogens is 563 g/mol. The third-order valence-electron chi connectivity index (χ3n) is 5.52. The fraction of sp³-hybridized carbons (Fsp3) is 0.296. The van der Waals surface area contributed by atoms with Crippen LogP contribution < -0.4 is 14.8 Å². The summed E-state index contributed by atoms with van der Waals surface area (Å²) >= 11 is 0.808. The van der Waals surface area contributed by atoms with Gasteiger partial charge in [-0.05, 0) is 62.2 Å². The molecule has 3 rings (SSSR count). The minimum atomic E-state index is -4.16. The smallest absolute Gasteiger partial charge is 0.348 e. The Labute approximate surface area is 235 Å². The van der Waals surface area contributed by atoms with Crippen LogP contribution in [0.25, 0.3) is 0 Å². The second-order valence-electron chi connectivity index (χ2n) is 8.30. The van der Waals surface area contributed by atoms with E-state index in [4.69, 9.17) is 14.2 Å². The Hall–Kier alpha value is -3.81. The van der Waals surface area contributed by atoms with E-state index < -0.39 is 39.7 Å². The van der Waals surface area contributed by atoms with Crippen molar-refractivity contribution in [3.63, 3.8) is 0 Å². The number of carbonyl (C=O) groups excluding carboxylic acids is 3. The summed E-state index contributed by atoms with van der Waals surface area (Å²) in [4.78, 5) is 38.5. The van der Waals surface area contributed by atoms with Crippen LogP contribution in [0.4, 0.5) is 9.39 Å². The van der Waals surface area contributed by atoms with Gasteiger partial charge in [0.2, 0.25) is 15.9 Å².